The average molecular weight is 297 g/mol. The zero-order chi connectivity index (χ0) is 11.4. The maximum atomic E-state index is 11.6. The molecular formula is C6H13KNO4PS2. The SMILES string of the molecule is C=CCN(P([O-])(=S)OCC)S(C)(=O)=O.[K+]. The van der Waals surface area contributed by atoms with Crippen LogP contribution in [0.3, 0.4) is 0 Å². The van der Waals surface area contributed by atoms with Crippen LogP contribution in [-0.2, 0) is 26.4 Å². The minimum Gasteiger partial charge on any atom is -0.789 e. The number of nitrogens with zero attached hydrogens (tertiary/aromatic N) is 1. The van der Waals surface area contributed by atoms with Crippen molar-refractivity contribution in [1.82, 2.24) is 4.08 Å². The van der Waals surface area contributed by atoms with Crippen LogP contribution < -0.4 is 56.3 Å². The molecule has 0 rings (SSSR count). The zero-order valence-corrected chi connectivity index (χ0v) is 14.7. The number of rotatable bonds is 6. The van der Waals surface area contributed by atoms with Crippen LogP contribution in [0, 0.1) is 0 Å². The third-order valence-corrected chi connectivity index (χ3v) is 6.20. The van der Waals surface area contributed by atoms with E-state index in [2.05, 4.69) is 18.4 Å². The third-order valence-electron chi connectivity index (χ3n) is 1.23. The fraction of sp³-hybridized carbons (Fsp3) is 0.667. The summed E-state index contributed by atoms with van der Waals surface area (Å²) >= 11 is 4.61. The molecule has 0 bridgehead atoms. The van der Waals surface area contributed by atoms with Gasteiger partial charge in [0.1, 0.15) is 0 Å². The molecule has 0 fully saturated rings. The summed E-state index contributed by atoms with van der Waals surface area (Å²) in [5.74, 6) is 0. The van der Waals surface area contributed by atoms with Crippen LogP contribution in [0.1, 0.15) is 6.92 Å². The van der Waals surface area contributed by atoms with Crippen molar-refractivity contribution in [3.8, 4) is 0 Å². The molecule has 0 aromatic heterocycles. The Hall–Kier alpha value is 1.86. The summed E-state index contributed by atoms with van der Waals surface area (Å²) in [6, 6.07) is 0. The molecule has 1 atom stereocenters. The molecule has 0 aromatic rings. The molecule has 0 spiro atoms. The molecule has 0 heterocycles. The van der Waals surface area contributed by atoms with Gasteiger partial charge in [0.05, 0.1) is 12.9 Å². The van der Waals surface area contributed by atoms with Crippen molar-refractivity contribution in [3.05, 3.63) is 12.7 Å². The fourth-order valence-corrected chi connectivity index (χ4v) is 5.10. The zero-order valence-electron chi connectivity index (χ0n) is 9.04. The summed E-state index contributed by atoms with van der Waals surface area (Å²) in [5.41, 5.74) is 0. The van der Waals surface area contributed by atoms with E-state index in [1.165, 1.54) is 6.08 Å². The van der Waals surface area contributed by atoms with E-state index in [4.69, 9.17) is 4.52 Å². The maximum absolute atomic E-state index is 11.6. The molecule has 0 aromatic carbocycles. The van der Waals surface area contributed by atoms with E-state index in [1.54, 1.807) is 6.92 Å². The van der Waals surface area contributed by atoms with Crippen molar-refractivity contribution < 1.29 is 69.2 Å². The Bertz CT molecular complexity index is 345. The first-order chi connectivity index (χ1) is 6.25. The molecule has 0 saturated heterocycles. The summed E-state index contributed by atoms with van der Waals surface area (Å²) in [4.78, 5) is 11.6. The Labute approximate surface area is 139 Å². The van der Waals surface area contributed by atoms with Crippen LogP contribution in [-0.4, -0.2) is 31.9 Å². The van der Waals surface area contributed by atoms with Crippen molar-refractivity contribution in [3.63, 3.8) is 0 Å². The molecule has 0 radical (unpaired) electrons. The number of hydrogen-bond acceptors (Lipinski definition) is 5. The van der Waals surface area contributed by atoms with Gasteiger partial charge in [-0.2, -0.15) is 4.08 Å². The molecular weight excluding hydrogens is 284 g/mol. The van der Waals surface area contributed by atoms with Gasteiger partial charge in [0.25, 0.3) is 0 Å². The normalized spacial score (nSPS) is 15.5. The fourth-order valence-electron chi connectivity index (χ4n) is 0.755. The Morgan fingerprint density at radius 2 is 2.13 bits per heavy atom. The monoisotopic (exact) mass is 297 g/mol. The molecule has 9 heteroatoms. The molecule has 0 aliphatic heterocycles. The minimum atomic E-state index is -3.68. The third kappa shape index (κ3) is 7.00. The van der Waals surface area contributed by atoms with E-state index < -0.39 is 16.7 Å². The second kappa shape index (κ2) is 8.05. The van der Waals surface area contributed by atoms with Gasteiger partial charge in [0, 0.05) is 13.2 Å². The Balaban J connectivity index is 0. The van der Waals surface area contributed by atoms with Crippen molar-refractivity contribution in [2.45, 2.75) is 6.92 Å². The smallest absolute Gasteiger partial charge is 0.789 e. The summed E-state index contributed by atoms with van der Waals surface area (Å²) in [7, 11) is -3.64. The van der Waals surface area contributed by atoms with Gasteiger partial charge in [-0.3, -0.25) is 0 Å². The van der Waals surface area contributed by atoms with E-state index in [0.717, 1.165) is 6.26 Å². The average Bonchev–Trinajstić information content (AvgIpc) is 1.97. The Morgan fingerprint density at radius 3 is 2.40 bits per heavy atom. The summed E-state index contributed by atoms with van der Waals surface area (Å²) in [6.45, 7) is 1.26. The van der Waals surface area contributed by atoms with Crippen LogP contribution in [0.4, 0.5) is 0 Å². The number of sulfonamides is 1. The predicted octanol–water partition coefficient (Wildman–Crippen LogP) is -2.94. The van der Waals surface area contributed by atoms with Gasteiger partial charge in [-0.25, -0.2) is 8.42 Å². The Morgan fingerprint density at radius 1 is 1.67 bits per heavy atom. The van der Waals surface area contributed by atoms with Gasteiger partial charge >= 0.3 is 51.4 Å². The van der Waals surface area contributed by atoms with Crippen molar-refractivity contribution in [2.75, 3.05) is 19.4 Å². The van der Waals surface area contributed by atoms with Crippen LogP contribution in [0.25, 0.3) is 0 Å². The van der Waals surface area contributed by atoms with Gasteiger partial charge in [-0.15, -0.1) is 6.58 Å². The second-order valence-electron chi connectivity index (χ2n) is 2.44. The van der Waals surface area contributed by atoms with Crippen LogP contribution >= 0.6 is 6.64 Å². The molecule has 0 amide bonds. The molecule has 0 saturated carbocycles. The first-order valence-electron chi connectivity index (χ1n) is 3.80. The van der Waals surface area contributed by atoms with Gasteiger partial charge in [-0.1, -0.05) is 17.9 Å². The summed E-state index contributed by atoms with van der Waals surface area (Å²) in [5, 5.41) is 0. The van der Waals surface area contributed by atoms with Gasteiger partial charge in [0.2, 0.25) is 10.0 Å². The van der Waals surface area contributed by atoms with E-state index >= 15 is 0 Å². The van der Waals surface area contributed by atoms with Crippen LogP contribution in [0.2, 0.25) is 0 Å². The van der Waals surface area contributed by atoms with Gasteiger partial charge < -0.3 is 9.42 Å². The maximum Gasteiger partial charge on any atom is 1.00 e. The van der Waals surface area contributed by atoms with Gasteiger partial charge in [0.15, 0.2) is 0 Å². The van der Waals surface area contributed by atoms with E-state index in [9.17, 15) is 13.3 Å². The quantitative estimate of drug-likeness (QED) is 0.298. The molecule has 0 aliphatic rings. The Kier molecular flexibility index (Phi) is 10.3. The molecule has 15 heavy (non-hydrogen) atoms. The van der Waals surface area contributed by atoms with Gasteiger partial charge in [-0.05, 0) is 6.92 Å². The molecule has 84 valence electrons. The predicted molar refractivity (Wildman–Crippen MR) is 57.7 cm³/mol. The van der Waals surface area contributed by atoms with E-state index in [1.807, 2.05) is 0 Å². The molecule has 0 N–H and O–H groups in total. The van der Waals surface area contributed by atoms with Crippen molar-refractivity contribution >= 4 is 28.5 Å². The number of hydrogen-bond donors (Lipinski definition) is 0. The molecule has 0 aliphatic carbocycles. The summed E-state index contributed by atoms with van der Waals surface area (Å²) in [6.07, 6.45) is 2.23. The first-order valence-corrected chi connectivity index (χ1v) is 8.24. The van der Waals surface area contributed by atoms with E-state index in [0.29, 0.717) is 4.08 Å². The largest absolute Gasteiger partial charge is 1.00 e. The molecule has 1 unspecified atom stereocenters. The molecule has 5 nitrogen and oxygen atoms in total. The second-order valence-corrected chi connectivity index (χ2v) is 7.68. The minimum absolute atomic E-state index is 0. The van der Waals surface area contributed by atoms with Crippen LogP contribution in [0.15, 0.2) is 12.7 Å². The van der Waals surface area contributed by atoms with Crippen molar-refractivity contribution in [2.24, 2.45) is 0 Å². The first kappa shape index (κ1) is 19.2. The summed E-state index contributed by atoms with van der Waals surface area (Å²) < 4.78 is 27.8. The van der Waals surface area contributed by atoms with Crippen LogP contribution in [0.5, 0.6) is 0 Å². The van der Waals surface area contributed by atoms with E-state index in [-0.39, 0.29) is 64.5 Å². The standard InChI is InChI=1S/C6H14NO4PS2.K/c1-4-6-7(14(3,9)10)12(8,13)11-5-2;/h4H,1,5-6H2,2-3H3,(H,8,13);/q;+1/p-1. The topological polar surface area (TPSA) is 69.7 Å². The van der Waals surface area contributed by atoms with Crippen molar-refractivity contribution in [1.29, 1.82) is 0 Å².